The van der Waals surface area contributed by atoms with E-state index in [2.05, 4.69) is 16.3 Å². The van der Waals surface area contributed by atoms with Crippen molar-refractivity contribution in [1.29, 1.82) is 0 Å². The quantitative estimate of drug-likeness (QED) is 0.574. The second kappa shape index (κ2) is 9.39. The Bertz CT molecular complexity index is 957. The first-order valence-electron chi connectivity index (χ1n) is 11.7. The second-order valence-corrected chi connectivity index (χ2v) is 9.70. The number of nitrogen functional groups attached to an aromatic ring is 1. The first-order valence-corrected chi connectivity index (χ1v) is 11.7. The van der Waals surface area contributed by atoms with Crippen LogP contribution in [0.5, 0.6) is 0 Å². The molecule has 5 nitrogen and oxygen atoms in total. The standard InChI is InChI=1S/C26H33F2N3O2/c1-18-13-19(15-22(29)14-18)17-31-11-8-23(9-12-31)30-24(32)26(33,20-5-3-2-4-6-20)21-7-10-25(27,28)16-21/h2-6,13-15,21,23,33H,7-12,16-17,29H2,1H3,(H,30,32)/t21-,26+/m1/s1. The Morgan fingerprint density at radius 3 is 2.48 bits per heavy atom. The zero-order chi connectivity index (χ0) is 23.6. The van der Waals surface area contributed by atoms with Crippen LogP contribution in [0.3, 0.4) is 0 Å². The smallest absolute Gasteiger partial charge is 0.257 e. The number of halogens is 2. The van der Waals surface area contributed by atoms with Crippen LogP contribution in [0, 0.1) is 12.8 Å². The number of aryl methyl sites for hydroxylation is 1. The van der Waals surface area contributed by atoms with Gasteiger partial charge in [-0.25, -0.2) is 8.78 Å². The molecule has 1 saturated heterocycles. The molecule has 178 valence electrons. The molecule has 0 spiro atoms. The summed E-state index contributed by atoms with van der Waals surface area (Å²) in [6.07, 6.45) is 0.799. The third-order valence-electron chi connectivity index (χ3n) is 7.04. The van der Waals surface area contributed by atoms with Gasteiger partial charge in [-0.15, -0.1) is 0 Å². The van der Waals surface area contributed by atoms with Gasteiger partial charge in [0, 0.05) is 50.1 Å². The number of rotatable bonds is 6. The number of piperidine rings is 1. The molecule has 1 aliphatic carbocycles. The minimum atomic E-state index is -2.85. The number of nitrogens with two attached hydrogens (primary N) is 1. The van der Waals surface area contributed by atoms with Crippen molar-refractivity contribution >= 4 is 11.6 Å². The molecule has 1 heterocycles. The van der Waals surface area contributed by atoms with Gasteiger partial charge in [0.1, 0.15) is 0 Å². The number of carbonyl (C=O) groups is 1. The fraction of sp³-hybridized carbons (Fsp3) is 0.500. The van der Waals surface area contributed by atoms with Gasteiger partial charge in [-0.2, -0.15) is 0 Å². The van der Waals surface area contributed by atoms with Crippen molar-refractivity contribution in [2.24, 2.45) is 5.92 Å². The molecular weight excluding hydrogens is 424 g/mol. The number of likely N-dealkylation sites (tertiary alicyclic amines) is 1. The maximum absolute atomic E-state index is 14.0. The van der Waals surface area contributed by atoms with Gasteiger partial charge >= 0.3 is 0 Å². The van der Waals surface area contributed by atoms with Crippen LogP contribution in [0.15, 0.2) is 48.5 Å². The van der Waals surface area contributed by atoms with Crippen LogP contribution in [-0.4, -0.2) is 41.0 Å². The van der Waals surface area contributed by atoms with Gasteiger partial charge in [0.15, 0.2) is 5.60 Å². The van der Waals surface area contributed by atoms with Crippen LogP contribution in [0.4, 0.5) is 14.5 Å². The van der Waals surface area contributed by atoms with Crippen LogP contribution in [0.2, 0.25) is 0 Å². The van der Waals surface area contributed by atoms with E-state index in [1.807, 2.05) is 19.1 Å². The van der Waals surface area contributed by atoms with Crippen LogP contribution in [0.25, 0.3) is 0 Å². The maximum Gasteiger partial charge on any atom is 0.257 e. The lowest BCUT2D eigenvalue weighted by molar-refractivity contribution is -0.149. The monoisotopic (exact) mass is 457 g/mol. The van der Waals surface area contributed by atoms with E-state index >= 15 is 0 Å². The van der Waals surface area contributed by atoms with Gasteiger partial charge in [-0.1, -0.05) is 36.4 Å². The summed E-state index contributed by atoms with van der Waals surface area (Å²) in [5.41, 5.74) is 7.42. The largest absolute Gasteiger partial charge is 0.399 e. The number of benzene rings is 2. The van der Waals surface area contributed by atoms with Crippen LogP contribution in [0.1, 0.15) is 48.8 Å². The number of hydrogen-bond acceptors (Lipinski definition) is 4. The number of alkyl halides is 2. The van der Waals surface area contributed by atoms with Gasteiger partial charge in [0.25, 0.3) is 5.91 Å². The lowest BCUT2D eigenvalue weighted by Crippen LogP contribution is -2.54. The minimum Gasteiger partial charge on any atom is -0.399 e. The summed E-state index contributed by atoms with van der Waals surface area (Å²) in [5, 5.41) is 14.5. The number of carbonyl (C=O) groups excluding carboxylic acids is 1. The number of nitrogens with zero attached hydrogens (tertiary/aromatic N) is 1. The molecule has 4 rings (SSSR count). The molecule has 2 aliphatic rings. The zero-order valence-corrected chi connectivity index (χ0v) is 19.1. The Hall–Kier alpha value is -2.51. The Balaban J connectivity index is 1.41. The van der Waals surface area contributed by atoms with E-state index in [9.17, 15) is 18.7 Å². The fourth-order valence-electron chi connectivity index (χ4n) is 5.33. The molecule has 0 aromatic heterocycles. The van der Waals surface area contributed by atoms with Crippen molar-refractivity contribution in [3.63, 3.8) is 0 Å². The molecule has 1 aliphatic heterocycles. The Morgan fingerprint density at radius 1 is 1.18 bits per heavy atom. The van der Waals surface area contributed by atoms with Crippen molar-refractivity contribution in [2.45, 2.75) is 63.1 Å². The normalized spacial score (nSPS) is 23.2. The number of aliphatic hydroxyl groups is 1. The second-order valence-electron chi connectivity index (χ2n) is 9.70. The molecule has 2 aromatic rings. The van der Waals surface area contributed by atoms with Gasteiger partial charge < -0.3 is 16.2 Å². The number of hydrogen-bond donors (Lipinski definition) is 3. The highest BCUT2D eigenvalue weighted by atomic mass is 19.3. The number of anilines is 1. The highest BCUT2D eigenvalue weighted by Crippen LogP contribution is 2.47. The number of amides is 1. The predicted octanol–water partition coefficient (Wildman–Crippen LogP) is 3.98. The first kappa shape index (κ1) is 23.6. The molecule has 2 aromatic carbocycles. The number of nitrogens with one attached hydrogen (secondary N) is 1. The summed E-state index contributed by atoms with van der Waals surface area (Å²) in [7, 11) is 0. The summed E-state index contributed by atoms with van der Waals surface area (Å²) in [4.78, 5) is 15.7. The third-order valence-corrected chi connectivity index (χ3v) is 7.04. The van der Waals surface area contributed by atoms with E-state index in [0.717, 1.165) is 49.3 Å². The lowest BCUT2D eigenvalue weighted by atomic mass is 9.79. The minimum absolute atomic E-state index is 0.103. The zero-order valence-electron chi connectivity index (χ0n) is 19.1. The fourth-order valence-corrected chi connectivity index (χ4v) is 5.33. The van der Waals surface area contributed by atoms with E-state index in [1.54, 1.807) is 30.3 Å². The molecule has 7 heteroatoms. The molecule has 1 saturated carbocycles. The van der Waals surface area contributed by atoms with Crippen molar-refractivity contribution in [3.05, 3.63) is 65.2 Å². The van der Waals surface area contributed by atoms with E-state index in [-0.39, 0.29) is 18.9 Å². The highest BCUT2D eigenvalue weighted by molar-refractivity contribution is 5.87. The van der Waals surface area contributed by atoms with Crippen molar-refractivity contribution in [2.75, 3.05) is 18.8 Å². The predicted molar refractivity (Wildman–Crippen MR) is 125 cm³/mol. The lowest BCUT2D eigenvalue weighted by Gasteiger charge is -2.37. The Morgan fingerprint density at radius 2 is 1.88 bits per heavy atom. The summed E-state index contributed by atoms with van der Waals surface area (Å²) in [6.45, 7) is 4.40. The average molecular weight is 458 g/mol. The molecule has 4 N–H and O–H groups in total. The van der Waals surface area contributed by atoms with Gasteiger partial charge in [0.05, 0.1) is 0 Å². The molecular formula is C26H33F2N3O2. The average Bonchev–Trinajstić information content (AvgIpc) is 3.14. The van der Waals surface area contributed by atoms with Gasteiger partial charge in [-0.3, -0.25) is 9.69 Å². The summed E-state index contributed by atoms with van der Waals surface area (Å²) >= 11 is 0. The summed E-state index contributed by atoms with van der Waals surface area (Å²) < 4.78 is 28.0. The van der Waals surface area contributed by atoms with Crippen LogP contribution in [-0.2, 0) is 16.9 Å². The summed E-state index contributed by atoms with van der Waals surface area (Å²) in [6, 6.07) is 14.5. The molecule has 0 radical (unpaired) electrons. The molecule has 0 bridgehead atoms. The van der Waals surface area contributed by atoms with E-state index in [1.165, 1.54) is 0 Å². The van der Waals surface area contributed by atoms with Gasteiger partial charge in [-0.05, 0) is 55.0 Å². The summed E-state index contributed by atoms with van der Waals surface area (Å²) in [5.74, 6) is -4.24. The van der Waals surface area contributed by atoms with E-state index in [4.69, 9.17) is 5.73 Å². The molecule has 0 unspecified atom stereocenters. The van der Waals surface area contributed by atoms with Crippen LogP contribution < -0.4 is 11.1 Å². The topological polar surface area (TPSA) is 78.6 Å². The van der Waals surface area contributed by atoms with E-state index < -0.39 is 29.8 Å². The molecule has 33 heavy (non-hydrogen) atoms. The van der Waals surface area contributed by atoms with Crippen LogP contribution >= 0.6 is 0 Å². The Labute approximate surface area is 194 Å². The highest BCUT2D eigenvalue weighted by Gasteiger charge is 2.53. The molecule has 1 amide bonds. The van der Waals surface area contributed by atoms with Crippen molar-refractivity contribution in [1.82, 2.24) is 10.2 Å². The SMILES string of the molecule is Cc1cc(N)cc(CN2CCC(NC(=O)[C@](O)(c3ccccc3)[C@@H]3CCC(F)(F)C3)CC2)c1. The van der Waals surface area contributed by atoms with Crippen molar-refractivity contribution < 1.29 is 18.7 Å². The molecule has 2 atom stereocenters. The first-order chi connectivity index (χ1) is 15.7. The third kappa shape index (κ3) is 5.36. The Kier molecular flexibility index (Phi) is 6.73. The molecule has 2 fully saturated rings. The maximum atomic E-state index is 14.0. The van der Waals surface area contributed by atoms with E-state index in [0.29, 0.717) is 5.56 Å². The van der Waals surface area contributed by atoms with Crippen molar-refractivity contribution in [3.8, 4) is 0 Å². The van der Waals surface area contributed by atoms with Gasteiger partial charge in [0.2, 0.25) is 5.92 Å².